The second-order valence-electron chi connectivity index (χ2n) is 6.63. The first-order valence-corrected chi connectivity index (χ1v) is 9.06. The van der Waals surface area contributed by atoms with Crippen LogP contribution in [0.15, 0.2) is 59.6 Å². The molecule has 1 heterocycles. The van der Waals surface area contributed by atoms with Crippen LogP contribution in [0, 0.1) is 11.7 Å². The van der Waals surface area contributed by atoms with Crippen molar-refractivity contribution < 1.29 is 9.13 Å². The Bertz CT molecular complexity index is 703. The van der Waals surface area contributed by atoms with E-state index >= 15 is 0 Å². The van der Waals surface area contributed by atoms with Gasteiger partial charge in [0.05, 0.1) is 13.2 Å². The Morgan fingerprint density at radius 3 is 2.65 bits per heavy atom. The highest BCUT2D eigenvalue weighted by Gasteiger charge is 2.24. The van der Waals surface area contributed by atoms with Gasteiger partial charge in [0.2, 0.25) is 0 Å². The molecule has 1 N–H and O–H groups in total. The molecule has 2 aromatic carbocycles. The van der Waals surface area contributed by atoms with Crippen LogP contribution in [0.5, 0.6) is 0 Å². The second-order valence-corrected chi connectivity index (χ2v) is 6.63. The Labute approximate surface area is 154 Å². The van der Waals surface area contributed by atoms with E-state index in [4.69, 9.17) is 4.74 Å². The monoisotopic (exact) mass is 355 g/mol. The van der Waals surface area contributed by atoms with E-state index < -0.39 is 0 Å². The van der Waals surface area contributed by atoms with Crippen molar-refractivity contribution in [1.82, 2.24) is 10.2 Å². The van der Waals surface area contributed by atoms with Crippen LogP contribution in [-0.2, 0) is 17.9 Å². The summed E-state index contributed by atoms with van der Waals surface area (Å²) in [7, 11) is 1.80. The molecule has 0 aliphatic carbocycles. The number of likely N-dealkylation sites (tertiary alicyclic amines) is 1. The summed E-state index contributed by atoms with van der Waals surface area (Å²) in [5.74, 6) is 1.19. The van der Waals surface area contributed by atoms with Gasteiger partial charge in [0.25, 0.3) is 0 Å². The van der Waals surface area contributed by atoms with Gasteiger partial charge in [-0.3, -0.25) is 4.99 Å². The molecular weight excluding hydrogens is 329 g/mol. The minimum atomic E-state index is -0.212. The van der Waals surface area contributed by atoms with E-state index in [1.54, 1.807) is 19.2 Å². The third kappa shape index (κ3) is 5.30. The zero-order valence-corrected chi connectivity index (χ0v) is 15.2. The summed E-state index contributed by atoms with van der Waals surface area (Å²) in [6.45, 7) is 3.98. The number of nitrogens with zero attached hydrogens (tertiary/aromatic N) is 2. The lowest BCUT2D eigenvalue weighted by Crippen LogP contribution is -2.39. The molecule has 4 nitrogen and oxygen atoms in total. The fourth-order valence-electron chi connectivity index (χ4n) is 3.19. The average molecular weight is 355 g/mol. The molecule has 1 atom stereocenters. The van der Waals surface area contributed by atoms with Gasteiger partial charge >= 0.3 is 0 Å². The first-order valence-electron chi connectivity index (χ1n) is 9.06. The number of guanidine groups is 1. The molecule has 1 unspecified atom stereocenters. The molecule has 1 saturated heterocycles. The minimum Gasteiger partial charge on any atom is -0.376 e. The van der Waals surface area contributed by atoms with Crippen molar-refractivity contribution in [3.05, 3.63) is 71.5 Å². The van der Waals surface area contributed by atoms with E-state index in [0.29, 0.717) is 19.1 Å². The summed E-state index contributed by atoms with van der Waals surface area (Å²) < 4.78 is 18.9. The number of nitrogens with one attached hydrogen (secondary N) is 1. The maximum Gasteiger partial charge on any atom is 0.193 e. The van der Waals surface area contributed by atoms with Crippen LogP contribution in [-0.4, -0.2) is 37.6 Å². The summed E-state index contributed by atoms with van der Waals surface area (Å²) in [4.78, 5) is 6.65. The van der Waals surface area contributed by atoms with Crippen molar-refractivity contribution in [2.75, 3.05) is 26.7 Å². The van der Waals surface area contributed by atoms with Gasteiger partial charge in [0, 0.05) is 32.6 Å². The molecule has 5 heteroatoms. The van der Waals surface area contributed by atoms with Crippen LogP contribution in [0.1, 0.15) is 17.5 Å². The number of hydrogen-bond donors (Lipinski definition) is 1. The third-order valence-corrected chi connectivity index (χ3v) is 4.63. The Hall–Kier alpha value is -2.40. The minimum absolute atomic E-state index is 0.212. The molecule has 0 saturated carbocycles. The molecular formula is C21H26FN3O. The summed E-state index contributed by atoms with van der Waals surface area (Å²) in [6.07, 6.45) is 1.10. The SMILES string of the molecule is CN=C(NCc1ccc(F)cc1)N1CCC(COCc2ccccc2)C1. The Balaban J connectivity index is 1.42. The zero-order chi connectivity index (χ0) is 18.2. The van der Waals surface area contributed by atoms with Gasteiger partial charge in [-0.25, -0.2) is 4.39 Å². The lowest BCUT2D eigenvalue weighted by molar-refractivity contribution is 0.0906. The summed E-state index contributed by atoms with van der Waals surface area (Å²) in [5.41, 5.74) is 2.24. The van der Waals surface area contributed by atoms with E-state index in [9.17, 15) is 4.39 Å². The molecule has 138 valence electrons. The fraction of sp³-hybridized carbons (Fsp3) is 0.381. The standard InChI is InChI=1S/C21H26FN3O/c1-23-21(24-13-17-7-9-20(22)10-8-17)25-12-11-19(14-25)16-26-15-18-5-3-2-4-6-18/h2-10,19H,11-16H2,1H3,(H,23,24). The summed E-state index contributed by atoms with van der Waals surface area (Å²) in [6, 6.07) is 16.8. The maximum absolute atomic E-state index is 13.0. The van der Waals surface area contributed by atoms with Gasteiger partial charge in [-0.05, 0) is 29.7 Å². The molecule has 0 spiro atoms. The van der Waals surface area contributed by atoms with Crippen LogP contribution in [0.25, 0.3) is 0 Å². The van der Waals surface area contributed by atoms with Crippen molar-refractivity contribution in [1.29, 1.82) is 0 Å². The van der Waals surface area contributed by atoms with E-state index in [1.165, 1.54) is 17.7 Å². The first-order chi connectivity index (χ1) is 12.7. The third-order valence-electron chi connectivity index (χ3n) is 4.63. The zero-order valence-electron chi connectivity index (χ0n) is 15.2. The van der Waals surface area contributed by atoms with E-state index in [0.717, 1.165) is 37.6 Å². The van der Waals surface area contributed by atoms with Crippen molar-refractivity contribution >= 4 is 5.96 Å². The maximum atomic E-state index is 13.0. The molecule has 0 aromatic heterocycles. The van der Waals surface area contributed by atoms with E-state index in [1.807, 2.05) is 18.2 Å². The van der Waals surface area contributed by atoms with Crippen molar-refractivity contribution in [3.63, 3.8) is 0 Å². The molecule has 0 amide bonds. The molecule has 0 bridgehead atoms. The lowest BCUT2D eigenvalue weighted by atomic mass is 10.1. The molecule has 1 fully saturated rings. The van der Waals surface area contributed by atoms with Crippen molar-refractivity contribution in [3.8, 4) is 0 Å². The van der Waals surface area contributed by atoms with Gasteiger partial charge in [-0.15, -0.1) is 0 Å². The van der Waals surface area contributed by atoms with E-state index in [-0.39, 0.29) is 5.82 Å². The van der Waals surface area contributed by atoms with Gasteiger partial charge in [0.15, 0.2) is 5.96 Å². The Morgan fingerprint density at radius 1 is 1.15 bits per heavy atom. The molecule has 0 radical (unpaired) electrons. The molecule has 2 aromatic rings. The van der Waals surface area contributed by atoms with Gasteiger partial charge in [-0.2, -0.15) is 0 Å². The summed E-state index contributed by atoms with van der Waals surface area (Å²) >= 11 is 0. The number of ether oxygens (including phenoxy) is 1. The number of rotatable bonds is 6. The highest BCUT2D eigenvalue weighted by Crippen LogP contribution is 2.17. The highest BCUT2D eigenvalue weighted by atomic mass is 19.1. The average Bonchev–Trinajstić information content (AvgIpc) is 3.13. The van der Waals surface area contributed by atoms with Crippen LogP contribution in [0.3, 0.4) is 0 Å². The molecule has 1 aliphatic rings. The number of hydrogen-bond acceptors (Lipinski definition) is 2. The van der Waals surface area contributed by atoms with E-state index in [2.05, 4.69) is 27.3 Å². The fourth-order valence-corrected chi connectivity index (χ4v) is 3.19. The predicted molar refractivity (Wildman–Crippen MR) is 102 cm³/mol. The quantitative estimate of drug-likeness (QED) is 0.637. The van der Waals surface area contributed by atoms with Crippen molar-refractivity contribution in [2.24, 2.45) is 10.9 Å². The molecule has 1 aliphatic heterocycles. The second kappa shape index (κ2) is 9.34. The normalized spacial score (nSPS) is 17.5. The van der Waals surface area contributed by atoms with Crippen LogP contribution >= 0.6 is 0 Å². The number of halogens is 1. The first kappa shape index (κ1) is 18.4. The highest BCUT2D eigenvalue weighted by molar-refractivity contribution is 5.80. The van der Waals surface area contributed by atoms with Gasteiger partial charge in [-0.1, -0.05) is 42.5 Å². The largest absolute Gasteiger partial charge is 0.376 e. The van der Waals surface area contributed by atoms with Gasteiger partial charge in [0.1, 0.15) is 5.82 Å². The van der Waals surface area contributed by atoms with Gasteiger partial charge < -0.3 is 15.0 Å². The molecule has 3 rings (SSSR count). The van der Waals surface area contributed by atoms with Crippen LogP contribution < -0.4 is 5.32 Å². The van der Waals surface area contributed by atoms with Crippen LogP contribution in [0.4, 0.5) is 4.39 Å². The predicted octanol–water partition coefficient (Wildman–Crippen LogP) is 3.44. The Morgan fingerprint density at radius 2 is 1.92 bits per heavy atom. The smallest absolute Gasteiger partial charge is 0.193 e. The topological polar surface area (TPSA) is 36.9 Å². The van der Waals surface area contributed by atoms with Crippen molar-refractivity contribution in [2.45, 2.75) is 19.6 Å². The lowest BCUT2D eigenvalue weighted by Gasteiger charge is -2.22. The number of aliphatic imine (C=N–C) groups is 1. The molecule has 26 heavy (non-hydrogen) atoms. The van der Waals surface area contributed by atoms with Crippen LogP contribution in [0.2, 0.25) is 0 Å². The number of benzene rings is 2. The Kier molecular flexibility index (Phi) is 6.61. The summed E-state index contributed by atoms with van der Waals surface area (Å²) in [5, 5.41) is 3.36.